The molecule has 136 valence electrons. The fraction of sp³-hybridized carbons (Fsp3) is 0.474. The van der Waals surface area contributed by atoms with E-state index in [0.29, 0.717) is 11.6 Å². The quantitative estimate of drug-likeness (QED) is 0.782. The summed E-state index contributed by atoms with van der Waals surface area (Å²) in [4.78, 5) is 17.6. The number of aromatic nitrogens is 5. The monoisotopic (exact) mass is 352 g/mol. The van der Waals surface area contributed by atoms with Crippen molar-refractivity contribution in [1.29, 1.82) is 0 Å². The number of aryl methyl sites for hydroxylation is 3. The van der Waals surface area contributed by atoms with Gasteiger partial charge in [-0.2, -0.15) is 10.2 Å². The number of fused-ring (bicyclic) bond motifs is 1. The number of amides is 1. The number of pyridine rings is 1. The maximum absolute atomic E-state index is 13.1. The van der Waals surface area contributed by atoms with Crippen molar-refractivity contribution in [3.63, 3.8) is 0 Å². The van der Waals surface area contributed by atoms with Crippen LogP contribution in [0.15, 0.2) is 18.3 Å². The molecule has 1 fully saturated rings. The molecule has 0 saturated heterocycles. The van der Waals surface area contributed by atoms with Gasteiger partial charge in [0.2, 0.25) is 0 Å². The van der Waals surface area contributed by atoms with E-state index in [0.717, 1.165) is 41.1 Å². The van der Waals surface area contributed by atoms with E-state index in [1.807, 2.05) is 37.7 Å². The van der Waals surface area contributed by atoms with Gasteiger partial charge in [0.05, 0.1) is 28.9 Å². The first-order valence-corrected chi connectivity index (χ1v) is 9.20. The van der Waals surface area contributed by atoms with Crippen LogP contribution in [0.25, 0.3) is 11.0 Å². The molecule has 26 heavy (non-hydrogen) atoms. The van der Waals surface area contributed by atoms with Gasteiger partial charge >= 0.3 is 0 Å². The molecule has 1 aliphatic rings. The van der Waals surface area contributed by atoms with E-state index in [1.165, 1.54) is 19.3 Å². The third-order valence-corrected chi connectivity index (χ3v) is 5.17. The van der Waals surface area contributed by atoms with Gasteiger partial charge in [-0.1, -0.05) is 19.3 Å². The van der Waals surface area contributed by atoms with Crippen LogP contribution in [0.2, 0.25) is 0 Å². The van der Waals surface area contributed by atoms with Crippen LogP contribution < -0.4 is 5.32 Å². The molecule has 0 aromatic carbocycles. The summed E-state index contributed by atoms with van der Waals surface area (Å²) in [5, 5.41) is 12.7. The molecule has 0 unspecified atom stereocenters. The van der Waals surface area contributed by atoms with Crippen LogP contribution in [-0.2, 0) is 7.05 Å². The molecule has 0 atom stereocenters. The van der Waals surface area contributed by atoms with Gasteiger partial charge in [0.15, 0.2) is 5.65 Å². The summed E-state index contributed by atoms with van der Waals surface area (Å²) < 4.78 is 3.69. The Balaban J connectivity index is 1.68. The third kappa shape index (κ3) is 2.87. The molecule has 1 aliphatic carbocycles. The minimum absolute atomic E-state index is 0.144. The zero-order chi connectivity index (χ0) is 18.3. The Morgan fingerprint density at radius 3 is 2.77 bits per heavy atom. The summed E-state index contributed by atoms with van der Waals surface area (Å²) in [5.74, 6) is 0.611. The van der Waals surface area contributed by atoms with Crippen molar-refractivity contribution < 1.29 is 4.79 Å². The Morgan fingerprint density at radius 2 is 2.00 bits per heavy atom. The van der Waals surface area contributed by atoms with Gasteiger partial charge in [0, 0.05) is 18.8 Å². The molecule has 0 bridgehead atoms. The lowest BCUT2D eigenvalue weighted by molar-refractivity contribution is 0.102. The van der Waals surface area contributed by atoms with E-state index in [9.17, 15) is 4.79 Å². The van der Waals surface area contributed by atoms with E-state index in [2.05, 4.69) is 20.5 Å². The van der Waals surface area contributed by atoms with Gasteiger partial charge < -0.3 is 5.32 Å². The number of rotatable bonds is 3. The van der Waals surface area contributed by atoms with Crippen molar-refractivity contribution in [2.45, 2.75) is 52.0 Å². The predicted molar refractivity (Wildman–Crippen MR) is 100 cm³/mol. The van der Waals surface area contributed by atoms with Crippen molar-refractivity contribution in [2.24, 2.45) is 7.05 Å². The molecule has 1 N–H and O–H groups in total. The van der Waals surface area contributed by atoms with Crippen LogP contribution >= 0.6 is 0 Å². The van der Waals surface area contributed by atoms with Gasteiger partial charge in [0.1, 0.15) is 5.82 Å². The number of nitrogens with zero attached hydrogens (tertiary/aromatic N) is 5. The van der Waals surface area contributed by atoms with Crippen LogP contribution in [0.5, 0.6) is 0 Å². The maximum Gasteiger partial charge on any atom is 0.257 e. The summed E-state index contributed by atoms with van der Waals surface area (Å²) in [6.07, 6.45) is 7.71. The first-order valence-electron chi connectivity index (χ1n) is 9.20. The Hall–Kier alpha value is -2.70. The number of anilines is 1. The van der Waals surface area contributed by atoms with Gasteiger partial charge in [-0.15, -0.1) is 0 Å². The molecule has 4 rings (SSSR count). The molecule has 0 radical (unpaired) electrons. The van der Waals surface area contributed by atoms with Crippen LogP contribution in [-0.4, -0.2) is 30.5 Å². The fourth-order valence-electron chi connectivity index (χ4n) is 3.96. The second kappa shape index (κ2) is 6.55. The van der Waals surface area contributed by atoms with E-state index in [1.54, 1.807) is 10.9 Å². The van der Waals surface area contributed by atoms with Crippen LogP contribution in [0.3, 0.4) is 0 Å². The van der Waals surface area contributed by atoms with E-state index in [-0.39, 0.29) is 5.91 Å². The molecule has 7 nitrogen and oxygen atoms in total. The van der Waals surface area contributed by atoms with Crippen molar-refractivity contribution >= 4 is 22.8 Å². The number of hydrogen-bond acceptors (Lipinski definition) is 4. The minimum atomic E-state index is -0.144. The van der Waals surface area contributed by atoms with Gasteiger partial charge in [-0.3, -0.25) is 9.48 Å². The van der Waals surface area contributed by atoms with Crippen molar-refractivity contribution in [2.75, 3.05) is 5.32 Å². The lowest BCUT2D eigenvalue weighted by Crippen LogP contribution is -2.20. The maximum atomic E-state index is 13.1. The zero-order valence-electron chi connectivity index (χ0n) is 15.5. The van der Waals surface area contributed by atoms with Crippen LogP contribution in [0.4, 0.5) is 5.82 Å². The van der Waals surface area contributed by atoms with Gasteiger partial charge in [-0.25, -0.2) is 9.67 Å². The summed E-state index contributed by atoms with van der Waals surface area (Å²) in [6.45, 7) is 3.80. The molecule has 0 aliphatic heterocycles. The Morgan fingerprint density at radius 1 is 1.23 bits per heavy atom. The summed E-state index contributed by atoms with van der Waals surface area (Å²) in [7, 11) is 1.85. The topological polar surface area (TPSA) is 77.6 Å². The number of hydrogen-bond donors (Lipinski definition) is 1. The van der Waals surface area contributed by atoms with E-state index >= 15 is 0 Å². The highest BCUT2D eigenvalue weighted by molar-refractivity contribution is 6.12. The number of carbonyl (C=O) groups excluding carboxylic acids is 1. The molecule has 3 heterocycles. The number of carbonyl (C=O) groups is 1. The largest absolute Gasteiger partial charge is 0.307 e. The molecule has 0 spiro atoms. The second-order valence-corrected chi connectivity index (χ2v) is 7.13. The molecule has 1 saturated carbocycles. The number of nitrogens with one attached hydrogen (secondary N) is 1. The summed E-state index contributed by atoms with van der Waals surface area (Å²) >= 11 is 0. The van der Waals surface area contributed by atoms with E-state index < -0.39 is 0 Å². The normalized spacial score (nSPS) is 15.5. The SMILES string of the molecule is Cc1cc(C(=O)Nc2ccnn2C2CCCCC2)c2c(C)nn(C)c2n1. The van der Waals surface area contributed by atoms with Crippen molar-refractivity contribution in [3.05, 3.63) is 35.3 Å². The first kappa shape index (κ1) is 16.8. The van der Waals surface area contributed by atoms with Crippen LogP contribution in [0.1, 0.15) is 59.9 Å². The highest BCUT2D eigenvalue weighted by atomic mass is 16.1. The fourth-order valence-corrected chi connectivity index (χ4v) is 3.96. The van der Waals surface area contributed by atoms with Crippen LogP contribution in [0, 0.1) is 13.8 Å². The standard InChI is InChI=1S/C19H24N6O/c1-12-11-15(17-13(2)23-24(3)18(17)21-12)19(26)22-16-9-10-20-25(16)14-7-5-4-6-8-14/h9-11,14H,4-8H2,1-3H3,(H,22,26). The minimum Gasteiger partial charge on any atom is -0.307 e. The molecule has 7 heteroatoms. The first-order chi connectivity index (χ1) is 12.5. The lowest BCUT2D eigenvalue weighted by Gasteiger charge is -2.24. The summed E-state index contributed by atoms with van der Waals surface area (Å²) in [6, 6.07) is 4.06. The molecule has 3 aromatic heterocycles. The van der Waals surface area contributed by atoms with Gasteiger partial charge in [-0.05, 0) is 32.8 Å². The van der Waals surface area contributed by atoms with E-state index in [4.69, 9.17) is 0 Å². The third-order valence-electron chi connectivity index (χ3n) is 5.17. The summed E-state index contributed by atoms with van der Waals surface area (Å²) in [5.41, 5.74) is 2.94. The average molecular weight is 352 g/mol. The predicted octanol–water partition coefficient (Wildman–Crippen LogP) is 3.54. The molecular weight excluding hydrogens is 328 g/mol. The second-order valence-electron chi connectivity index (χ2n) is 7.13. The smallest absolute Gasteiger partial charge is 0.257 e. The highest BCUT2D eigenvalue weighted by Gasteiger charge is 2.22. The Bertz CT molecular complexity index is 964. The van der Waals surface area contributed by atoms with Gasteiger partial charge in [0.25, 0.3) is 5.91 Å². The molecular formula is C19H24N6O. The van der Waals surface area contributed by atoms with Crippen molar-refractivity contribution in [3.8, 4) is 0 Å². The molecule has 3 aromatic rings. The lowest BCUT2D eigenvalue weighted by atomic mass is 9.96. The Labute approximate surface area is 152 Å². The average Bonchev–Trinajstić information content (AvgIpc) is 3.20. The van der Waals surface area contributed by atoms with Crippen molar-refractivity contribution in [1.82, 2.24) is 24.5 Å². The Kier molecular flexibility index (Phi) is 4.22. The highest BCUT2D eigenvalue weighted by Crippen LogP contribution is 2.30. The zero-order valence-corrected chi connectivity index (χ0v) is 15.5. The molecule has 1 amide bonds.